The minimum absolute atomic E-state index is 0.126. The molecule has 1 heterocycles. The zero-order valence-corrected chi connectivity index (χ0v) is 11.4. The molecule has 1 atom stereocenters. The third-order valence-corrected chi connectivity index (χ3v) is 3.54. The third kappa shape index (κ3) is 3.45. The summed E-state index contributed by atoms with van der Waals surface area (Å²) in [5.41, 5.74) is 2.07. The lowest BCUT2D eigenvalue weighted by Crippen LogP contribution is -2.34. The molecular weight excluding hydrogens is 227 g/mol. The van der Waals surface area contributed by atoms with Gasteiger partial charge in [0.15, 0.2) is 0 Å². The Labute approximate surface area is 109 Å². The number of hydrogen-bond acceptors (Lipinski definition) is 2. The van der Waals surface area contributed by atoms with Gasteiger partial charge in [-0.25, -0.2) is 4.39 Å². The number of nitrogens with one attached hydrogen (secondary N) is 1. The van der Waals surface area contributed by atoms with Gasteiger partial charge in [0.1, 0.15) is 5.82 Å². The molecule has 0 radical (unpaired) electrons. The van der Waals surface area contributed by atoms with E-state index in [0.29, 0.717) is 5.92 Å². The van der Waals surface area contributed by atoms with Gasteiger partial charge in [0.25, 0.3) is 0 Å². The summed E-state index contributed by atoms with van der Waals surface area (Å²) < 4.78 is 13.7. The van der Waals surface area contributed by atoms with Gasteiger partial charge in [-0.15, -0.1) is 0 Å². The van der Waals surface area contributed by atoms with Gasteiger partial charge in [0, 0.05) is 25.3 Å². The summed E-state index contributed by atoms with van der Waals surface area (Å²) in [5.74, 6) is 0.581. The summed E-state index contributed by atoms with van der Waals surface area (Å²) in [6.07, 6.45) is 2.50. The SMILES string of the molecule is CCNCc1cc(F)cc(N2CCCC(C)C2)c1. The van der Waals surface area contributed by atoms with Crippen molar-refractivity contribution in [3.8, 4) is 0 Å². The summed E-state index contributed by atoms with van der Waals surface area (Å²) in [4.78, 5) is 2.31. The van der Waals surface area contributed by atoms with E-state index in [4.69, 9.17) is 0 Å². The molecule has 0 aromatic heterocycles. The monoisotopic (exact) mass is 250 g/mol. The van der Waals surface area contributed by atoms with Crippen LogP contribution in [0.5, 0.6) is 0 Å². The van der Waals surface area contributed by atoms with Crippen molar-refractivity contribution in [1.82, 2.24) is 5.32 Å². The van der Waals surface area contributed by atoms with Crippen molar-refractivity contribution < 1.29 is 4.39 Å². The van der Waals surface area contributed by atoms with Crippen molar-refractivity contribution in [3.63, 3.8) is 0 Å². The molecule has 1 aliphatic rings. The lowest BCUT2D eigenvalue weighted by Gasteiger charge is -2.33. The van der Waals surface area contributed by atoms with Crippen LogP contribution in [0.4, 0.5) is 10.1 Å². The molecule has 0 bridgehead atoms. The molecule has 0 aliphatic carbocycles. The van der Waals surface area contributed by atoms with Gasteiger partial charge in [-0.05, 0) is 49.1 Å². The summed E-state index contributed by atoms with van der Waals surface area (Å²) in [6, 6.07) is 5.40. The van der Waals surface area contributed by atoms with E-state index in [-0.39, 0.29) is 5.82 Å². The standard InChI is InChI=1S/C15H23FN2/c1-3-17-10-13-7-14(16)9-15(8-13)18-6-4-5-12(2)11-18/h7-9,12,17H,3-6,10-11H2,1-2H3. The lowest BCUT2D eigenvalue weighted by molar-refractivity contribution is 0.446. The molecule has 1 unspecified atom stereocenters. The van der Waals surface area contributed by atoms with E-state index >= 15 is 0 Å². The Bertz CT molecular complexity index is 392. The Kier molecular flexibility index (Phi) is 4.59. The van der Waals surface area contributed by atoms with Crippen LogP contribution in [-0.4, -0.2) is 19.6 Å². The first-order valence-corrected chi connectivity index (χ1v) is 6.94. The number of rotatable bonds is 4. The molecule has 100 valence electrons. The van der Waals surface area contributed by atoms with Crippen LogP contribution in [-0.2, 0) is 6.54 Å². The minimum atomic E-state index is -0.126. The molecule has 1 saturated heterocycles. The van der Waals surface area contributed by atoms with Crippen LogP contribution in [0.25, 0.3) is 0 Å². The molecule has 1 N–H and O–H groups in total. The molecule has 1 aliphatic heterocycles. The van der Waals surface area contributed by atoms with Gasteiger partial charge in [-0.2, -0.15) is 0 Å². The van der Waals surface area contributed by atoms with Crippen LogP contribution >= 0.6 is 0 Å². The number of hydrogen-bond donors (Lipinski definition) is 1. The van der Waals surface area contributed by atoms with Crippen molar-refractivity contribution in [1.29, 1.82) is 0 Å². The van der Waals surface area contributed by atoms with Crippen molar-refractivity contribution >= 4 is 5.69 Å². The average Bonchev–Trinajstić information content (AvgIpc) is 2.36. The Morgan fingerprint density at radius 3 is 2.94 bits per heavy atom. The summed E-state index contributed by atoms with van der Waals surface area (Å²) in [5, 5.41) is 3.25. The van der Waals surface area contributed by atoms with E-state index in [9.17, 15) is 4.39 Å². The molecule has 18 heavy (non-hydrogen) atoms. The van der Waals surface area contributed by atoms with Gasteiger partial charge >= 0.3 is 0 Å². The van der Waals surface area contributed by atoms with Crippen LogP contribution in [0.3, 0.4) is 0 Å². The Balaban J connectivity index is 2.13. The lowest BCUT2D eigenvalue weighted by atomic mass is 9.99. The zero-order valence-electron chi connectivity index (χ0n) is 11.4. The highest BCUT2D eigenvalue weighted by Gasteiger charge is 2.17. The van der Waals surface area contributed by atoms with E-state index in [0.717, 1.165) is 37.4 Å². The smallest absolute Gasteiger partial charge is 0.125 e. The number of nitrogens with zero attached hydrogens (tertiary/aromatic N) is 1. The zero-order chi connectivity index (χ0) is 13.0. The van der Waals surface area contributed by atoms with Crippen LogP contribution in [0.1, 0.15) is 32.3 Å². The van der Waals surface area contributed by atoms with Crippen molar-refractivity contribution in [2.75, 3.05) is 24.5 Å². The predicted octanol–water partition coefficient (Wildman–Crippen LogP) is 3.17. The summed E-state index contributed by atoms with van der Waals surface area (Å²) >= 11 is 0. The van der Waals surface area contributed by atoms with Crippen LogP contribution in [0, 0.1) is 11.7 Å². The van der Waals surface area contributed by atoms with E-state index in [2.05, 4.69) is 30.1 Å². The Hall–Kier alpha value is -1.09. The first kappa shape index (κ1) is 13.3. The van der Waals surface area contributed by atoms with Gasteiger partial charge in [-0.1, -0.05) is 13.8 Å². The molecule has 3 heteroatoms. The Morgan fingerprint density at radius 1 is 1.39 bits per heavy atom. The summed E-state index contributed by atoms with van der Waals surface area (Å²) in [6.45, 7) is 8.08. The van der Waals surface area contributed by atoms with E-state index in [1.165, 1.54) is 12.8 Å². The molecule has 1 fully saturated rings. The minimum Gasteiger partial charge on any atom is -0.371 e. The number of piperidine rings is 1. The van der Waals surface area contributed by atoms with E-state index in [1.54, 1.807) is 12.1 Å². The number of benzene rings is 1. The first-order chi connectivity index (χ1) is 8.69. The highest BCUT2D eigenvalue weighted by atomic mass is 19.1. The van der Waals surface area contributed by atoms with Gasteiger partial charge in [0.05, 0.1) is 0 Å². The van der Waals surface area contributed by atoms with Crippen LogP contribution in [0.15, 0.2) is 18.2 Å². The molecule has 0 spiro atoms. The predicted molar refractivity (Wildman–Crippen MR) is 74.4 cm³/mol. The molecule has 1 aromatic rings. The molecule has 0 amide bonds. The quantitative estimate of drug-likeness (QED) is 0.883. The normalized spacial score (nSPS) is 20.2. The fraction of sp³-hybridized carbons (Fsp3) is 0.600. The van der Waals surface area contributed by atoms with Crippen LogP contribution in [0.2, 0.25) is 0 Å². The van der Waals surface area contributed by atoms with E-state index < -0.39 is 0 Å². The molecule has 1 aromatic carbocycles. The maximum Gasteiger partial charge on any atom is 0.125 e. The molecule has 2 nitrogen and oxygen atoms in total. The average molecular weight is 250 g/mol. The second-order valence-corrected chi connectivity index (χ2v) is 5.29. The van der Waals surface area contributed by atoms with Crippen molar-refractivity contribution in [3.05, 3.63) is 29.6 Å². The maximum atomic E-state index is 13.7. The van der Waals surface area contributed by atoms with Gasteiger partial charge in [0.2, 0.25) is 0 Å². The largest absolute Gasteiger partial charge is 0.371 e. The van der Waals surface area contributed by atoms with Gasteiger partial charge < -0.3 is 10.2 Å². The van der Waals surface area contributed by atoms with E-state index in [1.807, 2.05) is 0 Å². The van der Waals surface area contributed by atoms with Gasteiger partial charge in [-0.3, -0.25) is 0 Å². The Morgan fingerprint density at radius 2 is 2.22 bits per heavy atom. The summed E-state index contributed by atoms with van der Waals surface area (Å²) in [7, 11) is 0. The molecule has 2 rings (SSSR count). The second-order valence-electron chi connectivity index (χ2n) is 5.29. The molecular formula is C15H23FN2. The van der Waals surface area contributed by atoms with Crippen molar-refractivity contribution in [2.24, 2.45) is 5.92 Å². The van der Waals surface area contributed by atoms with Crippen molar-refractivity contribution in [2.45, 2.75) is 33.2 Å². The fourth-order valence-corrected chi connectivity index (χ4v) is 2.61. The first-order valence-electron chi connectivity index (χ1n) is 6.94. The maximum absolute atomic E-state index is 13.7. The fourth-order valence-electron chi connectivity index (χ4n) is 2.61. The number of halogens is 1. The van der Waals surface area contributed by atoms with Crippen LogP contribution < -0.4 is 10.2 Å². The topological polar surface area (TPSA) is 15.3 Å². The highest BCUT2D eigenvalue weighted by molar-refractivity contribution is 5.49. The highest BCUT2D eigenvalue weighted by Crippen LogP contribution is 2.24. The molecule has 0 saturated carbocycles. The number of anilines is 1. The second kappa shape index (κ2) is 6.19. The third-order valence-electron chi connectivity index (χ3n) is 3.54.